The molecule has 1 aromatic rings. The van der Waals surface area contributed by atoms with Crippen molar-refractivity contribution < 1.29 is 4.74 Å². The number of ether oxygens (including phenoxy) is 1. The lowest BCUT2D eigenvalue weighted by molar-refractivity contribution is 0.206. The average molecular weight is 236 g/mol. The molecule has 0 saturated carbocycles. The van der Waals surface area contributed by atoms with Gasteiger partial charge < -0.3 is 10.5 Å². The largest absolute Gasteiger partial charge is 0.489 e. The van der Waals surface area contributed by atoms with Gasteiger partial charge in [0.25, 0.3) is 0 Å². The highest BCUT2D eigenvalue weighted by molar-refractivity contribution is 5.30. The van der Waals surface area contributed by atoms with Crippen LogP contribution in [-0.4, -0.2) is 17.1 Å². The molecule has 3 nitrogen and oxygen atoms in total. The molecule has 96 valence electrons. The summed E-state index contributed by atoms with van der Waals surface area (Å²) in [5.41, 5.74) is 7.82. The maximum absolute atomic E-state index is 5.92. The van der Waals surface area contributed by atoms with Crippen LogP contribution in [0.1, 0.15) is 45.0 Å². The van der Waals surface area contributed by atoms with Gasteiger partial charge in [0, 0.05) is 18.2 Å². The summed E-state index contributed by atoms with van der Waals surface area (Å²) >= 11 is 0. The SMILES string of the molecule is CCCC(C)Oc1ccc(C)nc1CC(C)N. The van der Waals surface area contributed by atoms with Crippen molar-refractivity contribution in [1.29, 1.82) is 0 Å². The van der Waals surface area contributed by atoms with E-state index in [2.05, 4.69) is 18.8 Å². The Morgan fingerprint density at radius 1 is 1.35 bits per heavy atom. The Labute approximate surface area is 104 Å². The van der Waals surface area contributed by atoms with Crippen LogP contribution in [0.25, 0.3) is 0 Å². The second kappa shape index (κ2) is 6.60. The summed E-state index contributed by atoms with van der Waals surface area (Å²) in [6, 6.07) is 4.10. The first kappa shape index (κ1) is 14.0. The minimum Gasteiger partial charge on any atom is -0.489 e. The van der Waals surface area contributed by atoms with Crippen LogP contribution in [0.2, 0.25) is 0 Å². The minimum absolute atomic E-state index is 0.105. The first-order valence-electron chi connectivity index (χ1n) is 6.41. The molecule has 3 heteroatoms. The van der Waals surface area contributed by atoms with Crippen molar-refractivity contribution in [2.24, 2.45) is 5.73 Å². The molecule has 0 radical (unpaired) electrons. The fraction of sp³-hybridized carbons (Fsp3) is 0.643. The molecule has 17 heavy (non-hydrogen) atoms. The van der Waals surface area contributed by atoms with Crippen LogP contribution in [-0.2, 0) is 6.42 Å². The summed E-state index contributed by atoms with van der Waals surface area (Å²) in [7, 11) is 0. The van der Waals surface area contributed by atoms with Crippen LogP contribution < -0.4 is 10.5 Å². The second-order valence-electron chi connectivity index (χ2n) is 4.80. The summed E-state index contributed by atoms with van der Waals surface area (Å²) in [4.78, 5) is 4.52. The number of hydrogen-bond donors (Lipinski definition) is 1. The van der Waals surface area contributed by atoms with Crippen molar-refractivity contribution in [3.63, 3.8) is 0 Å². The smallest absolute Gasteiger partial charge is 0.141 e. The van der Waals surface area contributed by atoms with Crippen LogP contribution in [0, 0.1) is 6.92 Å². The third-order valence-corrected chi connectivity index (χ3v) is 2.61. The molecule has 2 atom stereocenters. The van der Waals surface area contributed by atoms with E-state index in [0.29, 0.717) is 0 Å². The minimum atomic E-state index is 0.105. The van der Waals surface area contributed by atoms with Gasteiger partial charge in [-0.1, -0.05) is 13.3 Å². The van der Waals surface area contributed by atoms with Crippen molar-refractivity contribution in [3.8, 4) is 5.75 Å². The number of hydrogen-bond acceptors (Lipinski definition) is 3. The Bertz CT molecular complexity index is 350. The van der Waals surface area contributed by atoms with Crippen LogP contribution in [0.3, 0.4) is 0 Å². The molecule has 0 aliphatic heterocycles. The molecular formula is C14H24N2O. The lowest BCUT2D eigenvalue weighted by Gasteiger charge is -2.17. The van der Waals surface area contributed by atoms with Crippen molar-refractivity contribution >= 4 is 0 Å². The zero-order valence-electron chi connectivity index (χ0n) is 11.4. The number of rotatable bonds is 6. The quantitative estimate of drug-likeness (QED) is 0.826. The van der Waals surface area contributed by atoms with Gasteiger partial charge >= 0.3 is 0 Å². The normalized spacial score (nSPS) is 14.4. The molecule has 0 amide bonds. The van der Waals surface area contributed by atoms with E-state index in [0.717, 1.165) is 36.4 Å². The first-order chi connectivity index (χ1) is 8.02. The molecule has 0 saturated heterocycles. The fourth-order valence-electron chi connectivity index (χ4n) is 1.84. The number of pyridine rings is 1. The number of aryl methyl sites for hydroxylation is 1. The van der Waals surface area contributed by atoms with Crippen molar-refractivity contribution in [2.75, 3.05) is 0 Å². The maximum atomic E-state index is 5.92. The van der Waals surface area contributed by atoms with Crippen LogP contribution in [0.15, 0.2) is 12.1 Å². The van der Waals surface area contributed by atoms with E-state index in [-0.39, 0.29) is 12.1 Å². The Morgan fingerprint density at radius 2 is 2.06 bits per heavy atom. The third kappa shape index (κ3) is 4.73. The van der Waals surface area contributed by atoms with Gasteiger partial charge in [0.05, 0.1) is 11.8 Å². The summed E-state index contributed by atoms with van der Waals surface area (Å²) in [6.45, 7) is 8.24. The van der Waals surface area contributed by atoms with E-state index < -0.39 is 0 Å². The molecule has 1 aromatic heterocycles. The Kier molecular flexibility index (Phi) is 5.42. The summed E-state index contributed by atoms with van der Waals surface area (Å²) < 4.78 is 5.92. The Morgan fingerprint density at radius 3 is 2.65 bits per heavy atom. The van der Waals surface area contributed by atoms with Gasteiger partial charge in [0.2, 0.25) is 0 Å². The van der Waals surface area contributed by atoms with Gasteiger partial charge in [-0.05, 0) is 39.3 Å². The lowest BCUT2D eigenvalue weighted by Crippen LogP contribution is -2.20. The molecular weight excluding hydrogens is 212 g/mol. The van der Waals surface area contributed by atoms with E-state index in [1.165, 1.54) is 0 Å². The molecule has 2 N–H and O–H groups in total. The standard InChI is InChI=1S/C14H24N2O/c1-5-6-12(4)17-14-8-7-11(3)16-13(14)9-10(2)15/h7-8,10,12H,5-6,9,15H2,1-4H3. The molecule has 0 spiro atoms. The van der Waals surface area contributed by atoms with Gasteiger partial charge in [-0.3, -0.25) is 4.98 Å². The molecule has 1 rings (SSSR count). The zero-order chi connectivity index (χ0) is 12.8. The van der Waals surface area contributed by atoms with E-state index >= 15 is 0 Å². The highest BCUT2D eigenvalue weighted by Crippen LogP contribution is 2.20. The highest BCUT2D eigenvalue weighted by Gasteiger charge is 2.11. The molecule has 0 bridgehead atoms. The maximum Gasteiger partial charge on any atom is 0.141 e. The fourth-order valence-corrected chi connectivity index (χ4v) is 1.84. The van der Waals surface area contributed by atoms with Gasteiger partial charge in [0.1, 0.15) is 5.75 Å². The second-order valence-corrected chi connectivity index (χ2v) is 4.80. The zero-order valence-corrected chi connectivity index (χ0v) is 11.4. The molecule has 0 fully saturated rings. The molecule has 2 unspecified atom stereocenters. The topological polar surface area (TPSA) is 48.1 Å². The number of nitrogens with zero attached hydrogens (tertiary/aromatic N) is 1. The molecule has 1 heterocycles. The predicted octanol–water partition coefficient (Wildman–Crippen LogP) is 2.85. The summed E-state index contributed by atoms with van der Waals surface area (Å²) in [5.74, 6) is 0.883. The van der Waals surface area contributed by atoms with Crippen LogP contribution in [0.4, 0.5) is 0 Å². The number of aromatic nitrogens is 1. The number of nitrogens with two attached hydrogens (primary N) is 1. The predicted molar refractivity (Wildman–Crippen MR) is 71.3 cm³/mol. The van der Waals surface area contributed by atoms with E-state index in [1.807, 2.05) is 26.0 Å². The lowest BCUT2D eigenvalue weighted by atomic mass is 10.1. The molecule has 0 aliphatic carbocycles. The average Bonchev–Trinajstić information content (AvgIpc) is 2.21. The third-order valence-electron chi connectivity index (χ3n) is 2.61. The monoisotopic (exact) mass is 236 g/mol. The van der Waals surface area contributed by atoms with Gasteiger partial charge in [-0.15, -0.1) is 0 Å². The van der Waals surface area contributed by atoms with Crippen molar-refractivity contribution in [1.82, 2.24) is 4.98 Å². The van der Waals surface area contributed by atoms with E-state index in [9.17, 15) is 0 Å². The van der Waals surface area contributed by atoms with Crippen molar-refractivity contribution in [3.05, 3.63) is 23.5 Å². The van der Waals surface area contributed by atoms with Gasteiger partial charge in [0.15, 0.2) is 0 Å². The highest BCUT2D eigenvalue weighted by atomic mass is 16.5. The van der Waals surface area contributed by atoms with Gasteiger partial charge in [-0.25, -0.2) is 0 Å². The van der Waals surface area contributed by atoms with Crippen molar-refractivity contribution in [2.45, 2.75) is 59.1 Å². The first-order valence-corrected chi connectivity index (χ1v) is 6.41. The Hall–Kier alpha value is -1.09. The molecule has 0 aromatic carbocycles. The van der Waals surface area contributed by atoms with Crippen LogP contribution in [0.5, 0.6) is 5.75 Å². The van der Waals surface area contributed by atoms with E-state index in [1.54, 1.807) is 0 Å². The summed E-state index contributed by atoms with van der Waals surface area (Å²) in [5, 5.41) is 0. The van der Waals surface area contributed by atoms with Gasteiger partial charge in [-0.2, -0.15) is 0 Å². The van der Waals surface area contributed by atoms with Crippen LogP contribution >= 0.6 is 0 Å². The van der Waals surface area contributed by atoms with E-state index in [4.69, 9.17) is 10.5 Å². The summed E-state index contributed by atoms with van der Waals surface area (Å²) in [6.07, 6.45) is 3.18. The molecule has 0 aliphatic rings. The Balaban J connectivity index is 2.82.